The van der Waals surface area contributed by atoms with Crippen LogP contribution >= 0.6 is 0 Å². The highest BCUT2D eigenvalue weighted by Gasteiger charge is 2.34. The Labute approximate surface area is 251 Å². The maximum Gasteiger partial charge on any atom is 0.161 e. The van der Waals surface area contributed by atoms with Gasteiger partial charge in [0.2, 0.25) is 0 Å². The third kappa shape index (κ3) is 7.27. The molecule has 0 fully saturated rings. The van der Waals surface area contributed by atoms with Crippen LogP contribution in [0.2, 0.25) is 0 Å². The van der Waals surface area contributed by atoms with Gasteiger partial charge in [0.1, 0.15) is 0 Å². The summed E-state index contributed by atoms with van der Waals surface area (Å²) in [4.78, 5) is 0. The summed E-state index contributed by atoms with van der Waals surface area (Å²) in [5.74, 6) is 0.832. The molecule has 5 heteroatoms. The van der Waals surface area contributed by atoms with Crippen LogP contribution in [0.15, 0.2) is 30.3 Å². The fourth-order valence-corrected chi connectivity index (χ4v) is 5.32. The third-order valence-corrected chi connectivity index (χ3v) is 7.94. The summed E-state index contributed by atoms with van der Waals surface area (Å²) in [6.45, 7) is 37.0. The Morgan fingerprint density at radius 3 is 1.27 bits per heavy atom. The highest BCUT2D eigenvalue weighted by Crippen LogP contribution is 2.37. The Balaban J connectivity index is 2.34. The average Bonchev–Trinajstić information content (AvgIpc) is 3.44. The van der Waals surface area contributed by atoms with Gasteiger partial charge in [0.15, 0.2) is 6.17 Å². The molecular formula is C36H59N5. The molecule has 0 amide bonds. The van der Waals surface area contributed by atoms with Crippen LogP contribution in [-0.4, -0.2) is 26.1 Å². The van der Waals surface area contributed by atoms with Crippen LogP contribution < -0.4 is 5.32 Å². The summed E-state index contributed by atoms with van der Waals surface area (Å²) in [5.41, 5.74) is 8.33. The van der Waals surface area contributed by atoms with Gasteiger partial charge in [-0.3, -0.25) is 0 Å². The topological polar surface area (TPSA) is 47.7 Å². The molecule has 228 valence electrons. The first kappa shape index (κ1) is 32.9. The van der Waals surface area contributed by atoms with E-state index in [2.05, 4.69) is 156 Å². The van der Waals surface area contributed by atoms with Crippen molar-refractivity contribution in [1.82, 2.24) is 19.6 Å². The van der Waals surface area contributed by atoms with E-state index in [9.17, 15) is 0 Å². The molecule has 0 saturated carbocycles. The van der Waals surface area contributed by atoms with Crippen molar-refractivity contribution < 1.29 is 0 Å². The summed E-state index contributed by atoms with van der Waals surface area (Å²) >= 11 is 0. The molecule has 0 aliphatic rings. The van der Waals surface area contributed by atoms with E-state index in [-0.39, 0.29) is 27.8 Å². The number of hydrogen-bond donors (Lipinski definition) is 1. The number of nitrogens with zero attached hydrogens (tertiary/aromatic N) is 4. The van der Waals surface area contributed by atoms with Gasteiger partial charge in [0.25, 0.3) is 0 Å². The van der Waals surface area contributed by atoms with Crippen molar-refractivity contribution in [3.8, 4) is 0 Å². The number of rotatable bonds is 7. The first-order valence-electron chi connectivity index (χ1n) is 15.6. The maximum absolute atomic E-state index is 5.36. The molecule has 0 atom stereocenters. The van der Waals surface area contributed by atoms with E-state index in [0.29, 0.717) is 18.4 Å². The van der Waals surface area contributed by atoms with Crippen LogP contribution in [0.3, 0.4) is 0 Å². The lowest BCUT2D eigenvalue weighted by atomic mass is 9.87. The van der Waals surface area contributed by atoms with Crippen LogP contribution in [0.1, 0.15) is 163 Å². The Kier molecular flexibility index (Phi) is 9.05. The Morgan fingerprint density at radius 2 is 0.976 bits per heavy atom. The molecule has 41 heavy (non-hydrogen) atoms. The van der Waals surface area contributed by atoms with Gasteiger partial charge >= 0.3 is 0 Å². The van der Waals surface area contributed by atoms with E-state index in [0.717, 1.165) is 11.4 Å². The van der Waals surface area contributed by atoms with E-state index in [1.165, 1.54) is 28.2 Å². The molecule has 2 heterocycles. The number of anilines is 1. The van der Waals surface area contributed by atoms with Gasteiger partial charge in [-0.05, 0) is 35.1 Å². The standard InChI is InChI=1S/C36H59N5/c1-23(2)25-18-17-19-26(24(3)4)32(25)37-22-31(40-29(35(11,12)13)20-27(38-40)33(5,6)7)41-30(36(14,15)16)21-28(39-41)34(8,9)10/h17-21,23-24,31,37H,22H2,1-16H3. The van der Waals surface area contributed by atoms with Crippen molar-refractivity contribution in [2.75, 3.05) is 11.9 Å². The van der Waals surface area contributed by atoms with Crippen LogP contribution in [0.4, 0.5) is 5.69 Å². The molecule has 1 N–H and O–H groups in total. The first-order valence-corrected chi connectivity index (χ1v) is 15.6. The van der Waals surface area contributed by atoms with Crippen molar-refractivity contribution in [1.29, 1.82) is 0 Å². The number of nitrogens with one attached hydrogen (secondary N) is 1. The van der Waals surface area contributed by atoms with Gasteiger partial charge in [-0.2, -0.15) is 10.2 Å². The second-order valence-corrected chi connectivity index (χ2v) is 16.7. The molecule has 2 aromatic heterocycles. The van der Waals surface area contributed by atoms with Crippen molar-refractivity contribution >= 4 is 5.69 Å². The molecule has 5 nitrogen and oxygen atoms in total. The van der Waals surface area contributed by atoms with Gasteiger partial charge in [-0.15, -0.1) is 0 Å². The summed E-state index contributed by atoms with van der Waals surface area (Å²) in [7, 11) is 0. The molecule has 3 rings (SSSR count). The summed E-state index contributed by atoms with van der Waals surface area (Å²) in [6.07, 6.45) is -0.147. The number of para-hydroxylation sites is 1. The number of aromatic nitrogens is 4. The summed E-state index contributed by atoms with van der Waals surface area (Å²) in [6, 6.07) is 11.4. The maximum atomic E-state index is 5.36. The fourth-order valence-electron chi connectivity index (χ4n) is 5.32. The Morgan fingerprint density at radius 1 is 0.610 bits per heavy atom. The predicted octanol–water partition coefficient (Wildman–Crippen LogP) is 9.68. The van der Waals surface area contributed by atoms with Crippen molar-refractivity contribution in [2.24, 2.45) is 0 Å². The van der Waals surface area contributed by atoms with Gasteiger partial charge < -0.3 is 5.32 Å². The lowest BCUT2D eigenvalue weighted by molar-refractivity contribution is 0.316. The van der Waals surface area contributed by atoms with E-state index in [1.54, 1.807) is 0 Å². The third-order valence-electron chi connectivity index (χ3n) is 7.94. The zero-order valence-corrected chi connectivity index (χ0v) is 29.1. The second-order valence-electron chi connectivity index (χ2n) is 16.7. The van der Waals surface area contributed by atoms with Gasteiger partial charge in [-0.25, -0.2) is 9.36 Å². The lowest BCUT2D eigenvalue weighted by Gasteiger charge is -2.31. The molecular weight excluding hydrogens is 502 g/mol. The second kappa shape index (κ2) is 11.3. The largest absolute Gasteiger partial charge is 0.380 e. The SMILES string of the molecule is CC(C)c1cccc(C(C)C)c1NCC(n1nc(C(C)(C)C)cc1C(C)(C)C)n1nc(C(C)(C)C)cc1C(C)(C)C. The van der Waals surface area contributed by atoms with E-state index < -0.39 is 0 Å². The smallest absolute Gasteiger partial charge is 0.161 e. The van der Waals surface area contributed by atoms with Crippen molar-refractivity contribution in [3.63, 3.8) is 0 Å². The van der Waals surface area contributed by atoms with E-state index in [4.69, 9.17) is 10.2 Å². The van der Waals surface area contributed by atoms with Crippen molar-refractivity contribution in [2.45, 2.75) is 150 Å². The molecule has 3 aromatic rings. The minimum absolute atomic E-state index is 0.0637. The average molecular weight is 562 g/mol. The molecule has 1 aromatic carbocycles. The summed E-state index contributed by atoms with van der Waals surface area (Å²) in [5, 5.41) is 14.7. The van der Waals surface area contributed by atoms with Crippen LogP contribution in [0.25, 0.3) is 0 Å². The highest BCUT2D eigenvalue weighted by atomic mass is 15.5. The van der Waals surface area contributed by atoms with Crippen LogP contribution in [-0.2, 0) is 21.7 Å². The zero-order valence-electron chi connectivity index (χ0n) is 29.1. The van der Waals surface area contributed by atoms with Gasteiger partial charge in [-0.1, -0.05) is 129 Å². The summed E-state index contributed by atoms with van der Waals surface area (Å²) < 4.78 is 4.55. The van der Waals surface area contributed by atoms with E-state index >= 15 is 0 Å². The quantitative estimate of drug-likeness (QED) is 0.312. The Bertz CT molecular complexity index is 1230. The molecule has 0 saturated heterocycles. The Hall–Kier alpha value is -2.56. The van der Waals surface area contributed by atoms with Gasteiger partial charge in [0, 0.05) is 38.7 Å². The molecule has 0 bridgehead atoms. The lowest BCUT2D eigenvalue weighted by Crippen LogP contribution is -2.35. The van der Waals surface area contributed by atoms with E-state index in [1.807, 2.05) is 0 Å². The molecule has 0 spiro atoms. The molecule has 0 aliphatic carbocycles. The minimum atomic E-state index is -0.147. The van der Waals surface area contributed by atoms with Gasteiger partial charge in [0.05, 0.1) is 17.9 Å². The normalized spacial score (nSPS) is 13.6. The predicted molar refractivity (Wildman–Crippen MR) is 177 cm³/mol. The van der Waals surface area contributed by atoms with Crippen LogP contribution in [0, 0.1) is 0 Å². The molecule has 0 aliphatic heterocycles. The monoisotopic (exact) mass is 561 g/mol. The number of hydrogen-bond acceptors (Lipinski definition) is 3. The highest BCUT2D eigenvalue weighted by molar-refractivity contribution is 5.60. The fraction of sp³-hybridized carbons (Fsp3) is 0.667. The van der Waals surface area contributed by atoms with Crippen LogP contribution in [0.5, 0.6) is 0 Å². The first-order chi connectivity index (χ1) is 18.5. The number of benzene rings is 1. The molecule has 0 radical (unpaired) electrons. The minimum Gasteiger partial charge on any atom is -0.380 e. The molecule has 0 unspecified atom stereocenters. The van der Waals surface area contributed by atoms with Crippen molar-refractivity contribution in [3.05, 3.63) is 64.2 Å². The zero-order chi connectivity index (χ0) is 31.3.